The molecule has 0 amide bonds. The highest BCUT2D eigenvalue weighted by Crippen LogP contribution is 2.25. The number of carboxylic acid groups (broad SMARTS) is 1. The van der Waals surface area contributed by atoms with Gasteiger partial charge in [0.25, 0.3) is 0 Å². The molecule has 1 atom stereocenters. The van der Waals surface area contributed by atoms with Crippen molar-refractivity contribution in [2.75, 3.05) is 6.54 Å². The maximum atomic E-state index is 12.5. The molecule has 0 heterocycles. The maximum Gasteiger partial charge on any atom is 0.303 e. The van der Waals surface area contributed by atoms with Crippen molar-refractivity contribution in [1.29, 1.82) is 0 Å². The van der Waals surface area contributed by atoms with Crippen molar-refractivity contribution in [2.45, 2.75) is 45.9 Å². The SMILES string of the molecule is Cc1cc(C)c(C)c(S(=O)(=O)NCC(C)CC(=O)O)c1C. The Balaban J connectivity index is 3.07. The number of sulfonamides is 1. The van der Waals surface area contributed by atoms with Crippen molar-refractivity contribution >= 4 is 16.0 Å². The van der Waals surface area contributed by atoms with Crippen LogP contribution in [0.4, 0.5) is 0 Å². The predicted molar refractivity (Wildman–Crippen MR) is 82.0 cm³/mol. The van der Waals surface area contributed by atoms with Crippen LogP contribution in [0.1, 0.15) is 35.6 Å². The standard InChI is InChI=1S/C15H23NO4S/c1-9(6-14(17)18)8-16-21(19,20)15-12(4)10(2)7-11(3)13(15)5/h7,9,16H,6,8H2,1-5H3,(H,17,18). The Bertz CT molecular complexity index is 624. The van der Waals surface area contributed by atoms with Gasteiger partial charge in [-0.15, -0.1) is 0 Å². The number of hydrogen-bond donors (Lipinski definition) is 2. The van der Waals surface area contributed by atoms with E-state index in [-0.39, 0.29) is 18.9 Å². The van der Waals surface area contributed by atoms with Gasteiger partial charge in [-0.1, -0.05) is 13.0 Å². The van der Waals surface area contributed by atoms with Crippen molar-refractivity contribution in [2.24, 2.45) is 5.92 Å². The molecule has 0 aliphatic heterocycles. The fraction of sp³-hybridized carbons (Fsp3) is 0.533. The molecule has 1 aromatic carbocycles. The zero-order chi connectivity index (χ0) is 16.4. The van der Waals surface area contributed by atoms with Crippen LogP contribution >= 0.6 is 0 Å². The minimum Gasteiger partial charge on any atom is -0.481 e. The molecule has 1 aromatic rings. The number of aliphatic carboxylic acids is 1. The van der Waals surface area contributed by atoms with Gasteiger partial charge in [-0.25, -0.2) is 13.1 Å². The lowest BCUT2D eigenvalue weighted by atomic mass is 10.0. The average Bonchev–Trinajstić information content (AvgIpc) is 2.33. The summed E-state index contributed by atoms with van der Waals surface area (Å²) >= 11 is 0. The number of nitrogens with one attached hydrogen (secondary N) is 1. The van der Waals surface area contributed by atoms with Gasteiger partial charge in [0.1, 0.15) is 0 Å². The maximum absolute atomic E-state index is 12.5. The molecular formula is C15H23NO4S. The van der Waals surface area contributed by atoms with Crippen molar-refractivity contribution in [1.82, 2.24) is 4.72 Å². The molecule has 0 saturated carbocycles. The van der Waals surface area contributed by atoms with E-state index in [1.54, 1.807) is 20.8 Å². The van der Waals surface area contributed by atoms with Gasteiger partial charge < -0.3 is 5.11 Å². The third kappa shape index (κ3) is 4.28. The van der Waals surface area contributed by atoms with Crippen LogP contribution in [-0.4, -0.2) is 26.0 Å². The zero-order valence-electron chi connectivity index (χ0n) is 13.1. The molecule has 0 aliphatic rings. The number of carbonyl (C=O) groups is 1. The van der Waals surface area contributed by atoms with Crippen LogP contribution in [0.25, 0.3) is 0 Å². The van der Waals surface area contributed by atoms with E-state index in [0.717, 1.165) is 22.3 Å². The van der Waals surface area contributed by atoms with Crippen molar-refractivity contribution < 1.29 is 18.3 Å². The summed E-state index contributed by atoms with van der Waals surface area (Å²) in [5.74, 6) is -1.19. The lowest BCUT2D eigenvalue weighted by Gasteiger charge is -2.17. The van der Waals surface area contributed by atoms with E-state index in [4.69, 9.17) is 5.11 Å². The van der Waals surface area contributed by atoms with Crippen molar-refractivity contribution in [3.63, 3.8) is 0 Å². The van der Waals surface area contributed by atoms with Crippen LogP contribution in [0.2, 0.25) is 0 Å². The normalized spacial score (nSPS) is 13.2. The largest absolute Gasteiger partial charge is 0.481 e. The highest BCUT2D eigenvalue weighted by atomic mass is 32.2. The summed E-state index contributed by atoms with van der Waals surface area (Å²) in [4.78, 5) is 10.9. The summed E-state index contributed by atoms with van der Waals surface area (Å²) in [6.45, 7) is 9.16. The molecule has 1 unspecified atom stereocenters. The van der Waals surface area contributed by atoms with E-state index in [0.29, 0.717) is 4.90 Å². The van der Waals surface area contributed by atoms with Crippen LogP contribution in [0.3, 0.4) is 0 Å². The van der Waals surface area contributed by atoms with Gasteiger partial charge in [0.15, 0.2) is 0 Å². The number of hydrogen-bond acceptors (Lipinski definition) is 3. The minimum atomic E-state index is -3.64. The van der Waals surface area contributed by atoms with Gasteiger partial charge in [-0.05, 0) is 55.9 Å². The molecule has 6 heteroatoms. The van der Waals surface area contributed by atoms with Crippen LogP contribution in [0.5, 0.6) is 0 Å². The first-order valence-corrected chi connectivity index (χ1v) is 8.33. The summed E-state index contributed by atoms with van der Waals surface area (Å²) in [5.41, 5.74) is 3.32. The summed E-state index contributed by atoms with van der Waals surface area (Å²) in [6, 6.07) is 1.97. The lowest BCUT2D eigenvalue weighted by Crippen LogP contribution is -2.30. The second kappa shape index (κ2) is 6.58. The first kappa shape index (κ1) is 17.7. The first-order chi connectivity index (χ1) is 9.56. The summed E-state index contributed by atoms with van der Waals surface area (Å²) < 4.78 is 27.5. The highest BCUT2D eigenvalue weighted by molar-refractivity contribution is 7.89. The quantitative estimate of drug-likeness (QED) is 0.844. The van der Waals surface area contributed by atoms with Crippen molar-refractivity contribution in [3.05, 3.63) is 28.3 Å². The Kier molecular flexibility index (Phi) is 5.53. The number of rotatable bonds is 6. The fourth-order valence-electron chi connectivity index (χ4n) is 2.28. The fourth-order valence-corrected chi connectivity index (χ4v) is 4.05. The Morgan fingerprint density at radius 3 is 2.10 bits per heavy atom. The summed E-state index contributed by atoms with van der Waals surface area (Å²) in [7, 11) is -3.64. The summed E-state index contributed by atoms with van der Waals surface area (Å²) in [6.07, 6.45) is -0.0622. The molecule has 0 spiro atoms. The molecule has 0 aliphatic carbocycles. The van der Waals surface area contributed by atoms with E-state index in [2.05, 4.69) is 4.72 Å². The molecular weight excluding hydrogens is 290 g/mol. The van der Waals surface area contributed by atoms with Gasteiger partial charge in [-0.3, -0.25) is 4.79 Å². The second-order valence-corrected chi connectivity index (χ2v) is 7.35. The third-order valence-electron chi connectivity index (χ3n) is 3.71. The van der Waals surface area contributed by atoms with Gasteiger partial charge in [0.05, 0.1) is 4.90 Å². The van der Waals surface area contributed by atoms with E-state index in [1.807, 2.05) is 19.9 Å². The van der Waals surface area contributed by atoms with E-state index in [9.17, 15) is 13.2 Å². The Morgan fingerprint density at radius 1 is 1.19 bits per heavy atom. The molecule has 0 aromatic heterocycles. The van der Waals surface area contributed by atoms with Gasteiger partial charge >= 0.3 is 5.97 Å². The Labute approximate surface area is 126 Å². The Hall–Kier alpha value is -1.40. The van der Waals surface area contributed by atoms with Gasteiger partial charge in [0.2, 0.25) is 10.0 Å². The lowest BCUT2D eigenvalue weighted by molar-refractivity contribution is -0.137. The van der Waals surface area contributed by atoms with Crippen LogP contribution < -0.4 is 4.72 Å². The van der Waals surface area contributed by atoms with Crippen LogP contribution in [-0.2, 0) is 14.8 Å². The molecule has 1 rings (SSSR count). The highest BCUT2D eigenvalue weighted by Gasteiger charge is 2.22. The van der Waals surface area contributed by atoms with Gasteiger partial charge in [0, 0.05) is 13.0 Å². The molecule has 118 valence electrons. The smallest absolute Gasteiger partial charge is 0.303 e. The van der Waals surface area contributed by atoms with E-state index in [1.165, 1.54) is 0 Å². The number of benzene rings is 1. The molecule has 0 fully saturated rings. The molecule has 0 saturated heterocycles. The van der Waals surface area contributed by atoms with Crippen LogP contribution in [0, 0.1) is 33.6 Å². The summed E-state index contributed by atoms with van der Waals surface area (Å²) in [5, 5.41) is 8.71. The van der Waals surface area contributed by atoms with Crippen LogP contribution in [0.15, 0.2) is 11.0 Å². The van der Waals surface area contributed by atoms with Gasteiger partial charge in [-0.2, -0.15) is 0 Å². The molecule has 0 radical (unpaired) electrons. The van der Waals surface area contributed by atoms with E-state index >= 15 is 0 Å². The topological polar surface area (TPSA) is 83.5 Å². The molecule has 2 N–H and O–H groups in total. The van der Waals surface area contributed by atoms with E-state index < -0.39 is 16.0 Å². The Morgan fingerprint density at radius 2 is 1.67 bits per heavy atom. The predicted octanol–water partition coefficient (Wildman–Crippen LogP) is 2.31. The zero-order valence-corrected chi connectivity index (χ0v) is 14.0. The molecule has 5 nitrogen and oxygen atoms in total. The second-order valence-electron chi connectivity index (χ2n) is 5.64. The first-order valence-electron chi connectivity index (χ1n) is 6.85. The minimum absolute atomic E-state index is 0.0622. The average molecular weight is 313 g/mol. The van der Waals surface area contributed by atoms with Crippen molar-refractivity contribution in [3.8, 4) is 0 Å². The molecule has 21 heavy (non-hydrogen) atoms. The number of carboxylic acids is 1. The molecule has 0 bridgehead atoms. The number of aryl methyl sites for hydroxylation is 2. The third-order valence-corrected chi connectivity index (χ3v) is 5.41. The monoisotopic (exact) mass is 313 g/mol.